The van der Waals surface area contributed by atoms with E-state index in [-0.39, 0.29) is 5.41 Å². The van der Waals surface area contributed by atoms with Gasteiger partial charge in [-0.3, -0.25) is 4.98 Å². The van der Waals surface area contributed by atoms with Gasteiger partial charge in [0.1, 0.15) is 5.01 Å². The van der Waals surface area contributed by atoms with Crippen LogP contribution in [0.4, 0.5) is 11.4 Å². The first-order valence-corrected chi connectivity index (χ1v) is 7.11. The molecule has 4 nitrogen and oxygen atoms in total. The molecule has 102 valence electrons. The topological polar surface area (TPSA) is 55.0 Å². The smallest absolute Gasteiger partial charge is 0.112 e. The molecule has 0 aliphatic carbocycles. The van der Waals surface area contributed by atoms with Gasteiger partial charge in [-0.2, -0.15) is 0 Å². The van der Waals surface area contributed by atoms with E-state index in [9.17, 15) is 0 Å². The van der Waals surface area contributed by atoms with Crippen LogP contribution in [0, 0.1) is 0 Å². The van der Waals surface area contributed by atoms with E-state index >= 15 is 0 Å². The molecule has 0 amide bonds. The van der Waals surface area contributed by atoms with E-state index in [0.717, 1.165) is 22.9 Å². The molecule has 0 radical (unpaired) electrons. The molecule has 0 unspecified atom stereocenters. The van der Waals surface area contributed by atoms with Gasteiger partial charge < -0.3 is 10.6 Å². The predicted octanol–water partition coefficient (Wildman–Crippen LogP) is 3.05. The van der Waals surface area contributed by atoms with Crippen LogP contribution >= 0.6 is 11.3 Å². The zero-order chi connectivity index (χ0) is 14.0. The first-order chi connectivity index (χ1) is 8.88. The van der Waals surface area contributed by atoms with Crippen molar-refractivity contribution >= 4 is 22.7 Å². The number of aromatic nitrogens is 2. The van der Waals surface area contributed by atoms with Gasteiger partial charge in [0, 0.05) is 24.0 Å². The van der Waals surface area contributed by atoms with Gasteiger partial charge in [0.15, 0.2) is 0 Å². The highest BCUT2D eigenvalue weighted by atomic mass is 32.1. The van der Waals surface area contributed by atoms with Crippen molar-refractivity contribution in [1.82, 2.24) is 9.97 Å². The van der Waals surface area contributed by atoms with E-state index in [1.807, 2.05) is 13.1 Å². The highest BCUT2D eigenvalue weighted by molar-refractivity contribution is 7.09. The van der Waals surface area contributed by atoms with E-state index in [2.05, 4.69) is 36.0 Å². The van der Waals surface area contributed by atoms with Gasteiger partial charge in [-0.15, -0.1) is 11.3 Å². The van der Waals surface area contributed by atoms with Crippen LogP contribution in [0.15, 0.2) is 23.8 Å². The van der Waals surface area contributed by atoms with Gasteiger partial charge in [0.2, 0.25) is 0 Å². The third-order valence-electron chi connectivity index (χ3n) is 2.93. The SMILES string of the molecule is CN(Cc1nc(C(C)(C)C)cs1)c1ccncc1N. The van der Waals surface area contributed by atoms with E-state index < -0.39 is 0 Å². The second kappa shape index (κ2) is 5.17. The van der Waals surface area contributed by atoms with Crippen molar-refractivity contribution in [2.24, 2.45) is 0 Å². The molecule has 2 aromatic rings. The number of nitrogen functional groups attached to an aromatic ring is 1. The number of hydrogen-bond acceptors (Lipinski definition) is 5. The van der Waals surface area contributed by atoms with Crippen LogP contribution in [0.3, 0.4) is 0 Å². The number of hydrogen-bond donors (Lipinski definition) is 1. The lowest BCUT2D eigenvalue weighted by atomic mass is 9.93. The molecule has 2 N–H and O–H groups in total. The van der Waals surface area contributed by atoms with Crippen LogP contribution in [0.1, 0.15) is 31.5 Å². The van der Waals surface area contributed by atoms with Crippen LogP contribution < -0.4 is 10.6 Å². The summed E-state index contributed by atoms with van der Waals surface area (Å²) in [5, 5.41) is 3.24. The molecule has 0 spiro atoms. The molecular formula is C14H20N4S. The summed E-state index contributed by atoms with van der Waals surface area (Å²) in [4.78, 5) is 10.8. The Morgan fingerprint density at radius 1 is 1.37 bits per heavy atom. The third kappa shape index (κ3) is 3.23. The van der Waals surface area contributed by atoms with Gasteiger partial charge in [-0.1, -0.05) is 20.8 Å². The molecule has 0 aliphatic heterocycles. The Hall–Kier alpha value is -1.62. The van der Waals surface area contributed by atoms with E-state index in [1.165, 1.54) is 0 Å². The van der Waals surface area contributed by atoms with Crippen LogP contribution in [0.2, 0.25) is 0 Å². The number of rotatable bonds is 3. The van der Waals surface area contributed by atoms with Crippen molar-refractivity contribution in [3.8, 4) is 0 Å². The molecule has 0 atom stereocenters. The fourth-order valence-electron chi connectivity index (χ4n) is 1.76. The predicted molar refractivity (Wildman–Crippen MR) is 81.6 cm³/mol. The third-order valence-corrected chi connectivity index (χ3v) is 3.77. The van der Waals surface area contributed by atoms with Crippen molar-refractivity contribution in [3.05, 3.63) is 34.5 Å². The van der Waals surface area contributed by atoms with E-state index in [0.29, 0.717) is 5.69 Å². The monoisotopic (exact) mass is 276 g/mol. The maximum atomic E-state index is 5.93. The number of nitrogens with zero attached hydrogens (tertiary/aromatic N) is 3. The van der Waals surface area contributed by atoms with Gasteiger partial charge in [0.05, 0.1) is 29.8 Å². The highest BCUT2D eigenvalue weighted by Crippen LogP contribution is 2.26. The largest absolute Gasteiger partial charge is 0.396 e. The van der Waals surface area contributed by atoms with Crippen LogP contribution in [-0.4, -0.2) is 17.0 Å². The molecule has 0 aromatic carbocycles. The summed E-state index contributed by atoms with van der Waals surface area (Å²) in [6.07, 6.45) is 3.43. The van der Waals surface area contributed by atoms with Crippen LogP contribution in [-0.2, 0) is 12.0 Å². The Morgan fingerprint density at radius 3 is 2.68 bits per heavy atom. The van der Waals surface area contributed by atoms with Crippen molar-refractivity contribution in [2.45, 2.75) is 32.7 Å². The molecule has 0 saturated carbocycles. The normalized spacial score (nSPS) is 11.6. The number of nitrogens with two attached hydrogens (primary N) is 1. The fraction of sp³-hybridized carbons (Fsp3) is 0.429. The standard InChI is InChI=1S/C14H20N4S/c1-14(2,3)12-9-19-13(17-12)8-18(4)11-5-6-16-7-10(11)15/h5-7,9H,8,15H2,1-4H3. The van der Waals surface area contributed by atoms with E-state index in [4.69, 9.17) is 10.7 Å². The maximum absolute atomic E-state index is 5.93. The highest BCUT2D eigenvalue weighted by Gasteiger charge is 2.18. The molecule has 2 rings (SSSR count). The van der Waals surface area contributed by atoms with Gasteiger partial charge in [-0.05, 0) is 6.07 Å². The summed E-state index contributed by atoms with van der Waals surface area (Å²) < 4.78 is 0. The first-order valence-electron chi connectivity index (χ1n) is 6.23. The number of thiazole rings is 1. The molecule has 5 heteroatoms. The number of anilines is 2. The van der Waals surface area contributed by atoms with Crippen molar-refractivity contribution in [2.75, 3.05) is 17.7 Å². The van der Waals surface area contributed by atoms with Gasteiger partial charge in [-0.25, -0.2) is 4.98 Å². The zero-order valence-electron chi connectivity index (χ0n) is 11.8. The second-order valence-electron chi connectivity index (χ2n) is 5.67. The summed E-state index contributed by atoms with van der Waals surface area (Å²) in [5.74, 6) is 0. The summed E-state index contributed by atoms with van der Waals surface area (Å²) in [6.45, 7) is 7.29. The minimum Gasteiger partial charge on any atom is -0.396 e. The quantitative estimate of drug-likeness (QED) is 0.936. The molecule has 0 bridgehead atoms. The zero-order valence-corrected chi connectivity index (χ0v) is 12.7. The minimum atomic E-state index is 0.100. The molecule has 0 aliphatic rings. The molecule has 2 aromatic heterocycles. The summed E-state index contributed by atoms with van der Waals surface area (Å²) >= 11 is 1.70. The lowest BCUT2D eigenvalue weighted by molar-refractivity contribution is 0.570. The summed E-state index contributed by atoms with van der Waals surface area (Å²) in [7, 11) is 2.02. The molecule has 0 saturated heterocycles. The average Bonchev–Trinajstić information content (AvgIpc) is 2.77. The Bertz CT molecular complexity index is 557. The fourth-order valence-corrected chi connectivity index (χ4v) is 2.84. The second-order valence-corrected chi connectivity index (χ2v) is 6.61. The Balaban J connectivity index is 2.14. The first kappa shape index (κ1) is 13.8. The molecule has 2 heterocycles. The summed E-state index contributed by atoms with van der Waals surface area (Å²) in [6, 6.07) is 1.92. The molecular weight excluding hydrogens is 256 g/mol. The van der Waals surface area contributed by atoms with Gasteiger partial charge in [0.25, 0.3) is 0 Å². The lowest BCUT2D eigenvalue weighted by Gasteiger charge is -2.19. The Morgan fingerprint density at radius 2 is 2.11 bits per heavy atom. The minimum absolute atomic E-state index is 0.100. The van der Waals surface area contributed by atoms with Crippen molar-refractivity contribution in [1.29, 1.82) is 0 Å². The Kier molecular flexibility index (Phi) is 3.75. The number of pyridine rings is 1. The molecule has 19 heavy (non-hydrogen) atoms. The van der Waals surface area contributed by atoms with Crippen LogP contribution in [0.25, 0.3) is 0 Å². The van der Waals surface area contributed by atoms with Crippen LogP contribution in [0.5, 0.6) is 0 Å². The van der Waals surface area contributed by atoms with E-state index in [1.54, 1.807) is 23.7 Å². The Labute approximate surface area is 118 Å². The lowest BCUT2D eigenvalue weighted by Crippen LogP contribution is -2.18. The average molecular weight is 276 g/mol. The van der Waals surface area contributed by atoms with Crippen molar-refractivity contribution in [3.63, 3.8) is 0 Å². The molecule has 0 fully saturated rings. The maximum Gasteiger partial charge on any atom is 0.112 e. The van der Waals surface area contributed by atoms with Crippen molar-refractivity contribution < 1.29 is 0 Å². The van der Waals surface area contributed by atoms with Gasteiger partial charge >= 0.3 is 0 Å². The summed E-state index contributed by atoms with van der Waals surface area (Å²) in [5.41, 5.74) is 8.85.